The third-order valence-electron chi connectivity index (χ3n) is 6.45. The Labute approximate surface area is 203 Å². The SMILES string of the molecule is c1ccc(-c2nc(-c3ccccc3)nc(N3c4ccccc4-c4cccc5cccc3c45)n2)cc1. The summed E-state index contributed by atoms with van der Waals surface area (Å²) >= 11 is 0. The summed E-state index contributed by atoms with van der Waals surface area (Å²) in [6.45, 7) is 0. The van der Waals surface area contributed by atoms with Crippen LogP contribution in [0, 0.1) is 0 Å². The molecule has 0 amide bonds. The lowest BCUT2D eigenvalue weighted by atomic mass is 9.91. The molecule has 0 radical (unpaired) electrons. The number of benzene rings is 5. The zero-order valence-electron chi connectivity index (χ0n) is 18.8. The van der Waals surface area contributed by atoms with Crippen molar-refractivity contribution in [2.75, 3.05) is 4.90 Å². The van der Waals surface area contributed by atoms with E-state index in [1.54, 1.807) is 0 Å². The number of para-hydroxylation sites is 1. The maximum absolute atomic E-state index is 5.02. The van der Waals surface area contributed by atoms with Crippen molar-refractivity contribution in [1.82, 2.24) is 15.0 Å². The minimum Gasteiger partial charge on any atom is -0.278 e. The van der Waals surface area contributed by atoms with Gasteiger partial charge in [-0.15, -0.1) is 0 Å². The van der Waals surface area contributed by atoms with E-state index in [1.165, 1.54) is 21.9 Å². The molecule has 0 saturated heterocycles. The van der Waals surface area contributed by atoms with Crippen molar-refractivity contribution in [3.05, 3.63) is 121 Å². The minimum atomic E-state index is 0.604. The average Bonchev–Trinajstić information content (AvgIpc) is 2.94. The van der Waals surface area contributed by atoms with E-state index in [0.29, 0.717) is 17.6 Å². The standard InChI is InChI=1S/C31H20N4/c1-3-11-22(12-4-1)29-32-30(23-13-5-2-6-14-23)34-31(33-29)35-26-19-8-7-17-24(26)25-18-9-15-21-16-10-20-27(35)28(21)25/h1-20H. The molecule has 0 saturated carbocycles. The molecule has 164 valence electrons. The van der Waals surface area contributed by atoms with Crippen LogP contribution in [0.3, 0.4) is 0 Å². The van der Waals surface area contributed by atoms with Crippen LogP contribution in [0.1, 0.15) is 0 Å². The van der Waals surface area contributed by atoms with Crippen LogP contribution in [0.2, 0.25) is 0 Å². The Morgan fingerprint density at radius 3 is 1.66 bits per heavy atom. The van der Waals surface area contributed by atoms with Crippen LogP contribution in [0.5, 0.6) is 0 Å². The molecule has 0 N–H and O–H groups in total. The fourth-order valence-corrected chi connectivity index (χ4v) is 4.87. The molecule has 1 aromatic heterocycles. The molecule has 1 aliphatic heterocycles. The van der Waals surface area contributed by atoms with Gasteiger partial charge in [0.2, 0.25) is 5.95 Å². The number of nitrogens with zero attached hydrogens (tertiary/aromatic N) is 4. The summed E-state index contributed by atoms with van der Waals surface area (Å²) in [5.74, 6) is 1.91. The largest absolute Gasteiger partial charge is 0.278 e. The van der Waals surface area contributed by atoms with Crippen molar-refractivity contribution in [1.29, 1.82) is 0 Å². The van der Waals surface area contributed by atoms with Crippen LogP contribution in [-0.4, -0.2) is 15.0 Å². The van der Waals surface area contributed by atoms with Gasteiger partial charge in [0.1, 0.15) is 0 Å². The summed E-state index contributed by atoms with van der Waals surface area (Å²) in [6.07, 6.45) is 0. The summed E-state index contributed by atoms with van der Waals surface area (Å²) in [4.78, 5) is 17.1. The number of rotatable bonds is 3. The average molecular weight is 449 g/mol. The van der Waals surface area contributed by atoms with Gasteiger partial charge >= 0.3 is 0 Å². The number of anilines is 3. The maximum atomic E-state index is 5.02. The summed E-state index contributed by atoms with van der Waals surface area (Å²) in [5, 5.41) is 2.40. The molecule has 2 heterocycles. The van der Waals surface area contributed by atoms with Crippen molar-refractivity contribution in [2.24, 2.45) is 0 Å². The molecular formula is C31H20N4. The first-order valence-corrected chi connectivity index (χ1v) is 11.6. The van der Waals surface area contributed by atoms with Gasteiger partial charge in [-0.2, -0.15) is 9.97 Å². The zero-order valence-corrected chi connectivity index (χ0v) is 18.8. The molecule has 5 aromatic carbocycles. The van der Waals surface area contributed by atoms with Crippen LogP contribution in [-0.2, 0) is 0 Å². The van der Waals surface area contributed by atoms with Crippen molar-refractivity contribution in [3.8, 4) is 33.9 Å². The van der Waals surface area contributed by atoms with Gasteiger partial charge in [0.15, 0.2) is 11.6 Å². The van der Waals surface area contributed by atoms with Crippen molar-refractivity contribution >= 4 is 28.1 Å². The van der Waals surface area contributed by atoms with E-state index >= 15 is 0 Å². The smallest absolute Gasteiger partial charge is 0.238 e. The normalized spacial score (nSPS) is 11.9. The van der Waals surface area contributed by atoms with E-state index in [0.717, 1.165) is 22.5 Å². The topological polar surface area (TPSA) is 41.9 Å². The highest BCUT2D eigenvalue weighted by Gasteiger charge is 2.28. The monoisotopic (exact) mass is 448 g/mol. The summed E-state index contributed by atoms with van der Waals surface area (Å²) in [5.41, 5.74) is 6.43. The van der Waals surface area contributed by atoms with Gasteiger partial charge in [-0.3, -0.25) is 4.90 Å². The molecular weight excluding hydrogens is 428 g/mol. The molecule has 6 aromatic rings. The first-order valence-electron chi connectivity index (χ1n) is 11.6. The highest BCUT2D eigenvalue weighted by molar-refractivity contribution is 6.13. The summed E-state index contributed by atoms with van der Waals surface area (Å²) < 4.78 is 0. The number of fused-ring (bicyclic) bond motifs is 2. The van der Waals surface area contributed by atoms with Crippen LogP contribution in [0.4, 0.5) is 17.3 Å². The summed E-state index contributed by atoms with van der Waals surface area (Å²) in [6, 6.07) is 41.5. The van der Waals surface area contributed by atoms with E-state index in [4.69, 9.17) is 15.0 Å². The third kappa shape index (κ3) is 3.19. The third-order valence-corrected chi connectivity index (χ3v) is 6.45. The lowest BCUT2D eigenvalue weighted by molar-refractivity contribution is 1.02. The van der Waals surface area contributed by atoms with E-state index in [2.05, 4.69) is 65.6 Å². The number of hydrogen-bond acceptors (Lipinski definition) is 4. The van der Waals surface area contributed by atoms with Crippen LogP contribution < -0.4 is 4.90 Å². The van der Waals surface area contributed by atoms with E-state index in [9.17, 15) is 0 Å². The van der Waals surface area contributed by atoms with Crippen molar-refractivity contribution in [2.45, 2.75) is 0 Å². The molecule has 4 nitrogen and oxygen atoms in total. The molecule has 0 spiro atoms. The lowest BCUT2D eigenvalue weighted by Gasteiger charge is -2.32. The van der Waals surface area contributed by atoms with E-state index in [1.807, 2.05) is 60.7 Å². The fraction of sp³-hybridized carbons (Fsp3) is 0. The molecule has 4 heteroatoms. The first kappa shape index (κ1) is 19.6. The Balaban J connectivity index is 1.54. The highest BCUT2D eigenvalue weighted by Crippen LogP contribution is 2.50. The Morgan fingerprint density at radius 1 is 0.429 bits per heavy atom. The molecule has 1 aliphatic rings. The van der Waals surface area contributed by atoms with Crippen molar-refractivity contribution < 1.29 is 0 Å². The Hall–Kier alpha value is -4.83. The van der Waals surface area contributed by atoms with Gasteiger partial charge in [0.05, 0.1) is 11.4 Å². The molecule has 0 bridgehead atoms. The molecule has 0 fully saturated rings. The van der Waals surface area contributed by atoms with E-state index in [-0.39, 0.29) is 0 Å². The predicted molar refractivity (Wildman–Crippen MR) is 142 cm³/mol. The van der Waals surface area contributed by atoms with Crippen LogP contribution >= 0.6 is 0 Å². The van der Waals surface area contributed by atoms with Crippen molar-refractivity contribution in [3.63, 3.8) is 0 Å². The van der Waals surface area contributed by atoms with E-state index < -0.39 is 0 Å². The molecule has 0 atom stereocenters. The maximum Gasteiger partial charge on any atom is 0.238 e. The molecule has 35 heavy (non-hydrogen) atoms. The Bertz CT molecular complexity index is 1630. The molecule has 0 unspecified atom stereocenters. The molecule has 7 rings (SSSR count). The summed E-state index contributed by atoms with van der Waals surface area (Å²) in [7, 11) is 0. The van der Waals surface area contributed by atoms with Gasteiger partial charge in [-0.1, -0.05) is 109 Å². The van der Waals surface area contributed by atoms with Gasteiger partial charge in [0, 0.05) is 22.1 Å². The van der Waals surface area contributed by atoms with Gasteiger partial charge in [-0.25, -0.2) is 4.98 Å². The quantitative estimate of drug-likeness (QED) is 0.276. The second-order valence-electron chi connectivity index (χ2n) is 8.55. The second-order valence-corrected chi connectivity index (χ2v) is 8.55. The van der Waals surface area contributed by atoms with Gasteiger partial charge < -0.3 is 0 Å². The Morgan fingerprint density at radius 2 is 0.971 bits per heavy atom. The molecule has 0 aliphatic carbocycles. The minimum absolute atomic E-state index is 0.604. The Kier molecular flexibility index (Phi) is 4.42. The van der Waals surface area contributed by atoms with Crippen LogP contribution in [0.15, 0.2) is 121 Å². The zero-order chi connectivity index (χ0) is 23.2. The van der Waals surface area contributed by atoms with Crippen LogP contribution in [0.25, 0.3) is 44.7 Å². The lowest BCUT2D eigenvalue weighted by Crippen LogP contribution is -2.18. The fourth-order valence-electron chi connectivity index (χ4n) is 4.87. The van der Waals surface area contributed by atoms with Gasteiger partial charge in [0.25, 0.3) is 0 Å². The van der Waals surface area contributed by atoms with Gasteiger partial charge in [-0.05, 0) is 23.1 Å². The number of aromatic nitrogens is 3. The predicted octanol–water partition coefficient (Wildman–Crippen LogP) is 7.81. The number of hydrogen-bond donors (Lipinski definition) is 0. The first-order chi connectivity index (χ1) is 17.4. The highest BCUT2D eigenvalue weighted by atomic mass is 15.3. The second kappa shape index (κ2) is 7.89.